The minimum absolute atomic E-state index is 0.108. The molecule has 4 heterocycles. The number of nitrogens with zero attached hydrogens (tertiary/aromatic N) is 5. The number of fused-ring (bicyclic) bond motifs is 1. The monoisotopic (exact) mass is 430 g/mol. The first kappa shape index (κ1) is 20.8. The molecule has 160 valence electrons. The first-order valence-electron chi connectivity index (χ1n) is 10.1. The summed E-state index contributed by atoms with van der Waals surface area (Å²) in [7, 11) is 1.79. The lowest BCUT2D eigenvalue weighted by atomic mass is 9.99. The van der Waals surface area contributed by atoms with E-state index in [1.807, 2.05) is 11.1 Å². The molecule has 0 spiro atoms. The van der Waals surface area contributed by atoms with Crippen LogP contribution in [0.3, 0.4) is 0 Å². The fourth-order valence-electron chi connectivity index (χ4n) is 3.95. The van der Waals surface area contributed by atoms with E-state index >= 15 is 0 Å². The molecule has 3 unspecified atom stereocenters. The summed E-state index contributed by atoms with van der Waals surface area (Å²) in [5, 5.41) is 4.08. The minimum Gasteiger partial charge on any atom is -0.593 e. The summed E-state index contributed by atoms with van der Waals surface area (Å²) in [4.78, 5) is 24.4. The van der Waals surface area contributed by atoms with E-state index in [0.29, 0.717) is 30.0 Å². The second-order valence-corrected chi connectivity index (χ2v) is 8.65. The summed E-state index contributed by atoms with van der Waals surface area (Å²) in [6, 6.07) is -0.108. The lowest BCUT2D eigenvalue weighted by Gasteiger charge is -2.29. The number of esters is 1. The molecule has 10 heteroatoms. The molecule has 1 fully saturated rings. The summed E-state index contributed by atoms with van der Waals surface area (Å²) in [5.74, 6) is 0.671. The third-order valence-electron chi connectivity index (χ3n) is 5.40. The number of amidine groups is 1. The number of aryl methyl sites for hydroxylation is 1. The van der Waals surface area contributed by atoms with E-state index in [4.69, 9.17) is 9.73 Å². The summed E-state index contributed by atoms with van der Waals surface area (Å²) < 4.78 is 22.8. The van der Waals surface area contributed by atoms with Crippen LogP contribution >= 0.6 is 0 Å². The maximum atomic E-state index is 12.7. The zero-order valence-corrected chi connectivity index (χ0v) is 18.2. The normalized spacial score (nSPS) is 24.1. The van der Waals surface area contributed by atoms with Crippen molar-refractivity contribution in [2.75, 3.05) is 19.7 Å². The lowest BCUT2D eigenvalue weighted by molar-refractivity contribution is -0.138. The first-order chi connectivity index (χ1) is 14.5. The molecule has 1 aromatic heterocycles. The van der Waals surface area contributed by atoms with Crippen LogP contribution in [0.25, 0.3) is 0 Å². The van der Waals surface area contributed by atoms with Crippen molar-refractivity contribution in [1.82, 2.24) is 19.4 Å². The number of nitrogens with one attached hydrogen (secondary N) is 1. The van der Waals surface area contributed by atoms with Gasteiger partial charge in [0, 0.05) is 37.8 Å². The zero-order chi connectivity index (χ0) is 21.3. The Balaban J connectivity index is 1.58. The molecule has 3 aliphatic rings. The van der Waals surface area contributed by atoms with Crippen molar-refractivity contribution in [3.05, 3.63) is 35.9 Å². The standard InChI is InChI=1S/C20H26N6O3S/c1-4-13-6-7-21-18(13)19-22-10-16(20(27)29-5-2)17-8-14(11-26(17)19)24-30(28)15-9-23-25(3)12-15/h6-7,9,12-14,24H,4-5,8,10-11H2,1-3H3. The number of carbonyl (C=O) groups is 1. The molecular formula is C20H26N6O3S. The summed E-state index contributed by atoms with van der Waals surface area (Å²) in [6.07, 6.45) is 8.71. The molecule has 1 aromatic rings. The number of carbonyl (C=O) groups excluding carboxylic acids is 1. The molecule has 3 atom stereocenters. The topological polar surface area (TPSA) is 107 Å². The van der Waals surface area contributed by atoms with Crippen molar-refractivity contribution < 1.29 is 14.1 Å². The third kappa shape index (κ3) is 3.94. The second kappa shape index (κ2) is 8.75. The molecular weight excluding hydrogens is 404 g/mol. The predicted octanol–water partition coefficient (Wildman–Crippen LogP) is 1.33. The summed E-state index contributed by atoms with van der Waals surface area (Å²) in [5.41, 5.74) is 2.37. The van der Waals surface area contributed by atoms with Crippen molar-refractivity contribution in [3.8, 4) is 0 Å². The predicted molar refractivity (Wildman–Crippen MR) is 114 cm³/mol. The maximum absolute atomic E-state index is 12.7. The van der Waals surface area contributed by atoms with Crippen LogP contribution in [0.5, 0.6) is 0 Å². The molecule has 0 saturated carbocycles. The lowest BCUT2D eigenvalue weighted by Crippen LogP contribution is -2.42. The van der Waals surface area contributed by atoms with Gasteiger partial charge in [-0.25, -0.2) is 4.79 Å². The van der Waals surface area contributed by atoms with Gasteiger partial charge in [-0.1, -0.05) is 13.0 Å². The molecule has 0 amide bonds. The number of aromatic nitrogens is 2. The van der Waals surface area contributed by atoms with Crippen LogP contribution in [-0.4, -0.2) is 62.5 Å². The van der Waals surface area contributed by atoms with Crippen molar-refractivity contribution in [2.45, 2.75) is 37.6 Å². The Hall–Kier alpha value is -2.43. The average molecular weight is 431 g/mol. The molecule has 0 aromatic carbocycles. The van der Waals surface area contributed by atoms with Gasteiger partial charge in [-0.05, 0) is 13.3 Å². The highest BCUT2D eigenvalue weighted by molar-refractivity contribution is 7.89. The van der Waals surface area contributed by atoms with Crippen molar-refractivity contribution >= 4 is 28.9 Å². The fourth-order valence-corrected chi connectivity index (χ4v) is 4.94. The van der Waals surface area contributed by atoms with Gasteiger partial charge < -0.3 is 14.2 Å². The molecule has 0 bridgehead atoms. The van der Waals surface area contributed by atoms with Crippen LogP contribution in [0, 0.1) is 5.92 Å². The van der Waals surface area contributed by atoms with Gasteiger partial charge in [0.25, 0.3) is 0 Å². The van der Waals surface area contributed by atoms with Gasteiger partial charge in [0.15, 0.2) is 5.84 Å². The Morgan fingerprint density at radius 1 is 1.43 bits per heavy atom. The van der Waals surface area contributed by atoms with E-state index in [0.717, 1.165) is 23.7 Å². The van der Waals surface area contributed by atoms with Gasteiger partial charge in [-0.15, -0.1) is 4.72 Å². The van der Waals surface area contributed by atoms with E-state index in [1.165, 1.54) is 0 Å². The molecule has 0 radical (unpaired) electrons. The van der Waals surface area contributed by atoms with Gasteiger partial charge in [0.2, 0.25) is 4.90 Å². The van der Waals surface area contributed by atoms with E-state index in [9.17, 15) is 9.35 Å². The van der Waals surface area contributed by atoms with Crippen molar-refractivity contribution in [3.63, 3.8) is 0 Å². The van der Waals surface area contributed by atoms with Crippen molar-refractivity contribution in [1.29, 1.82) is 0 Å². The van der Waals surface area contributed by atoms with Gasteiger partial charge in [-0.2, -0.15) is 5.10 Å². The van der Waals surface area contributed by atoms with E-state index in [2.05, 4.69) is 27.8 Å². The Morgan fingerprint density at radius 3 is 2.97 bits per heavy atom. The average Bonchev–Trinajstić information content (AvgIpc) is 3.46. The quantitative estimate of drug-likeness (QED) is 0.517. The van der Waals surface area contributed by atoms with Crippen LogP contribution in [0.2, 0.25) is 0 Å². The highest BCUT2D eigenvalue weighted by atomic mass is 32.2. The van der Waals surface area contributed by atoms with E-state index < -0.39 is 11.4 Å². The highest BCUT2D eigenvalue weighted by Gasteiger charge is 2.40. The maximum Gasteiger partial charge on any atom is 0.337 e. The number of hydrogen-bond donors (Lipinski definition) is 1. The van der Waals surface area contributed by atoms with Crippen LogP contribution in [0.4, 0.5) is 0 Å². The second-order valence-electron chi connectivity index (χ2n) is 7.40. The number of allylic oxidation sites excluding steroid dienone is 1. The minimum atomic E-state index is -1.39. The Labute approximate surface area is 178 Å². The van der Waals surface area contributed by atoms with Gasteiger partial charge in [-0.3, -0.25) is 14.7 Å². The zero-order valence-electron chi connectivity index (χ0n) is 17.4. The van der Waals surface area contributed by atoms with E-state index in [1.54, 1.807) is 31.0 Å². The van der Waals surface area contributed by atoms with Gasteiger partial charge in [0.1, 0.15) is 6.20 Å². The smallest absolute Gasteiger partial charge is 0.337 e. The van der Waals surface area contributed by atoms with Gasteiger partial charge in [0.05, 0.1) is 48.0 Å². The Morgan fingerprint density at radius 2 is 2.27 bits per heavy atom. The van der Waals surface area contributed by atoms with Crippen LogP contribution < -0.4 is 4.72 Å². The largest absolute Gasteiger partial charge is 0.593 e. The Bertz CT molecular complexity index is 950. The molecule has 9 nitrogen and oxygen atoms in total. The third-order valence-corrected chi connectivity index (χ3v) is 6.59. The summed E-state index contributed by atoms with van der Waals surface area (Å²) >= 11 is -1.39. The van der Waals surface area contributed by atoms with Gasteiger partial charge >= 0.3 is 5.97 Å². The Kier molecular flexibility index (Phi) is 6.07. The first-order valence-corrected chi connectivity index (χ1v) is 11.3. The number of aliphatic imine (C=N–C) groups is 2. The summed E-state index contributed by atoms with van der Waals surface area (Å²) in [6.45, 7) is 5.05. The van der Waals surface area contributed by atoms with Crippen LogP contribution in [-0.2, 0) is 27.9 Å². The number of rotatable bonds is 7. The fraction of sp³-hybridized carbons (Fsp3) is 0.500. The molecule has 0 aliphatic carbocycles. The molecule has 1 N–H and O–H groups in total. The number of ether oxygens (including phenoxy) is 1. The molecule has 4 rings (SSSR count). The molecule has 30 heavy (non-hydrogen) atoms. The van der Waals surface area contributed by atoms with E-state index in [-0.39, 0.29) is 24.5 Å². The SMILES string of the molecule is CCOC(=O)C1=C2CC(N[S+]([O-])c3cnn(C)c3)CN2C(C2=NC=CC2CC)=NC1. The number of hydrogen-bond acceptors (Lipinski definition) is 8. The molecule has 1 saturated heterocycles. The van der Waals surface area contributed by atoms with Crippen LogP contribution in [0.1, 0.15) is 26.7 Å². The highest BCUT2D eigenvalue weighted by Crippen LogP contribution is 2.32. The van der Waals surface area contributed by atoms with Crippen molar-refractivity contribution in [2.24, 2.45) is 23.0 Å². The molecule has 3 aliphatic heterocycles. The van der Waals surface area contributed by atoms with Crippen LogP contribution in [0.15, 0.2) is 50.8 Å².